The van der Waals surface area contributed by atoms with Crippen molar-refractivity contribution in [1.29, 1.82) is 0 Å². The van der Waals surface area contributed by atoms with Crippen molar-refractivity contribution in [1.82, 2.24) is 9.71 Å². The van der Waals surface area contributed by atoms with Crippen LogP contribution in [0.15, 0.2) is 60.8 Å². The number of amides is 1. The quantitative estimate of drug-likeness (QED) is 0.645. The Balaban J connectivity index is 1.54. The molecule has 1 aromatic heterocycles. The third-order valence-corrected chi connectivity index (χ3v) is 6.59. The van der Waals surface area contributed by atoms with Gasteiger partial charge in [0.05, 0.1) is 16.4 Å². The highest BCUT2D eigenvalue weighted by Crippen LogP contribution is 2.30. The van der Waals surface area contributed by atoms with E-state index in [-0.39, 0.29) is 5.91 Å². The molecule has 0 bridgehead atoms. The third kappa shape index (κ3) is 4.16. The van der Waals surface area contributed by atoms with Crippen LogP contribution in [0.1, 0.15) is 15.9 Å². The van der Waals surface area contributed by atoms with Crippen molar-refractivity contribution in [3.63, 3.8) is 0 Å². The van der Waals surface area contributed by atoms with E-state index in [9.17, 15) is 13.2 Å². The maximum Gasteiger partial charge on any atom is 0.301 e. The molecular formula is C21H19ClN4O3S. The molecule has 0 unspecified atom stereocenters. The second-order valence-corrected chi connectivity index (χ2v) is 8.97. The Morgan fingerprint density at radius 2 is 1.90 bits per heavy atom. The Kier molecular flexibility index (Phi) is 5.46. The molecule has 1 aliphatic rings. The van der Waals surface area contributed by atoms with Crippen LogP contribution < -0.4 is 14.3 Å². The van der Waals surface area contributed by atoms with E-state index >= 15 is 0 Å². The summed E-state index contributed by atoms with van der Waals surface area (Å²) in [6, 6.07) is 15.4. The summed E-state index contributed by atoms with van der Waals surface area (Å²) in [6.45, 7) is 2.69. The average molecular weight is 443 g/mol. The van der Waals surface area contributed by atoms with Crippen LogP contribution in [0.25, 0.3) is 11.3 Å². The minimum absolute atomic E-state index is 0.311. The number of anilines is 2. The Morgan fingerprint density at radius 1 is 1.13 bits per heavy atom. The monoisotopic (exact) mass is 442 g/mol. The van der Waals surface area contributed by atoms with Crippen molar-refractivity contribution < 1.29 is 13.2 Å². The molecule has 3 aromatic rings. The van der Waals surface area contributed by atoms with Crippen molar-refractivity contribution in [3.05, 3.63) is 76.9 Å². The molecule has 1 amide bonds. The van der Waals surface area contributed by atoms with E-state index < -0.39 is 10.2 Å². The van der Waals surface area contributed by atoms with E-state index in [1.54, 1.807) is 48.7 Å². The van der Waals surface area contributed by atoms with Crippen LogP contribution in [-0.2, 0) is 10.2 Å². The van der Waals surface area contributed by atoms with Gasteiger partial charge in [-0.25, -0.2) is 0 Å². The van der Waals surface area contributed by atoms with Crippen molar-refractivity contribution >= 4 is 39.1 Å². The van der Waals surface area contributed by atoms with Gasteiger partial charge >= 0.3 is 10.2 Å². The number of aryl methyl sites for hydroxylation is 1. The number of benzene rings is 2. The molecule has 2 N–H and O–H groups in total. The summed E-state index contributed by atoms with van der Waals surface area (Å²) in [5.41, 5.74) is 4.00. The lowest BCUT2D eigenvalue weighted by Crippen LogP contribution is -2.29. The van der Waals surface area contributed by atoms with Crippen LogP contribution in [0.5, 0.6) is 0 Å². The van der Waals surface area contributed by atoms with Crippen molar-refractivity contribution in [2.75, 3.05) is 22.7 Å². The summed E-state index contributed by atoms with van der Waals surface area (Å²) < 4.78 is 27.6. The molecule has 154 valence electrons. The van der Waals surface area contributed by atoms with Crippen LogP contribution in [0.2, 0.25) is 5.02 Å². The van der Waals surface area contributed by atoms with Gasteiger partial charge in [0.1, 0.15) is 0 Å². The number of carbonyl (C=O) groups is 1. The van der Waals surface area contributed by atoms with Gasteiger partial charge in [-0.15, -0.1) is 0 Å². The lowest BCUT2D eigenvalue weighted by Gasteiger charge is -2.16. The van der Waals surface area contributed by atoms with Crippen LogP contribution >= 0.6 is 11.6 Å². The van der Waals surface area contributed by atoms with Crippen LogP contribution in [-0.4, -0.2) is 32.4 Å². The number of carbonyl (C=O) groups excluding carboxylic acids is 1. The second kappa shape index (κ2) is 8.06. The largest absolute Gasteiger partial charge is 0.322 e. The van der Waals surface area contributed by atoms with Gasteiger partial charge in [0.15, 0.2) is 0 Å². The van der Waals surface area contributed by atoms with Gasteiger partial charge < -0.3 is 5.32 Å². The predicted molar refractivity (Wildman–Crippen MR) is 118 cm³/mol. The predicted octanol–water partition coefficient (Wildman–Crippen LogP) is 3.62. The summed E-state index contributed by atoms with van der Waals surface area (Å²) in [6.07, 6.45) is 1.71. The van der Waals surface area contributed by atoms with E-state index in [4.69, 9.17) is 11.6 Å². The fourth-order valence-corrected chi connectivity index (χ4v) is 4.66. The van der Waals surface area contributed by atoms with Crippen molar-refractivity contribution in [2.45, 2.75) is 6.92 Å². The molecule has 1 fully saturated rings. The maximum atomic E-state index is 12.7. The minimum Gasteiger partial charge on any atom is -0.322 e. The number of pyridine rings is 1. The molecule has 0 radical (unpaired) electrons. The lowest BCUT2D eigenvalue weighted by atomic mass is 10.1. The summed E-state index contributed by atoms with van der Waals surface area (Å²) in [5.74, 6) is -0.311. The van der Waals surface area contributed by atoms with Crippen LogP contribution in [0.4, 0.5) is 11.4 Å². The Hall–Kier alpha value is -2.94. The van der Waals surface area contributed by atoms with Gasteiger partial charge in [0.2, 0.25) is 0 Å². The van der Waals surface area contributed by atoms with Crippen LogP contribution in [0, 0.1) is 6.92 Å². The van der Waals surface area contributed by atoms with Crippen molar-refractivity contribution in [2.24, 2.45) is 0 Å². The highest BCUT2D eigenvalue weighted by atomic mass is 35.5. The summed E-state index contributed by atoms with van der Waals surface area (Å²) >= 11 is 6.33. The number of aromatic nitrogens is 1. The molecular weight excluding hydrogens is 424 g/mol. The molecule has 0 aliphatic carbocycles. The fourth-order valence-electron chi connectivity index (χ4n) is 3.21. The molecule has 4 rings (SSSR count). The molecule has 0 saturated carbocycles. The lowest BCUT2D eigenvalue weighted by molar-refractivity contribution is 0.102. The topological polar surface area (TPSA) is 91.4 Å². The first-order valence-electron chi connectivity index (χ1n) is 9.25. The van der Waals surface area contributed by atoms with E-state index in [0.717, 1.165) is 16.8 Å². The summed E-state index contributed by atoms with van der Waals surface area (Å²) in [5, 5.41) is 3.38. The number of nitrogens with one attached hydrogen (secondary N) is 2. The van der Waals surface area contributed by atoms with Gasteiger partial charge in [-0.1, -0.05) is 11.6 Å². The van der Waals surface area contributed by atoms with E-state index in [2.05, 4.69) is 15.0 Å². The Bertz CT molecular complexity index is 1210. The van der Waals surface area contributed by atoms with Gasteiger partial charge in [-0.3, -0.25) is 14.1 Å². The maximum absolute atomic E-state index is 12.7. The zero-order chi connectivity index (χ0) is 21.3. The number of hydrogen-bond donors (Lipinski definition) is 2. The highest BCUT2D eigenvalue weighted by molar-refractivity contribution is 7.91. The second-order valence-electron chi connectivity index (χ2n) is 6.89. The number of hydrogen-bond acceptors (Lipinski definition) is 4. The first kappa shape index (κ1) is 20.3. The van der Waals surface area contributed by atoms with E-state index in [1.807, 2.05) is 19.1 Å². The smallest absolute Gasteiger partial charge is 0.301 e. The first-order chi connectivity index (χ1) is 14.3. The zero-order valence-electron chi connectivity index (χ0n) is 16.1. The van der Waals surface area contributed by atoms with E-state index in [0.29, 0.717) is 35.1 Å². The summed E-state index contributed by atoms with van der Waals surface area (Å²) in [4.78, 5) is 17.0. The molecule has 0 spiro atoms. The normalized spacial score (nSPS) is 15.2. The van der Waals surface area contributed by atoms with Gasteiger partial charge in [0, 0.05) is 36.1 Å². The first-order valence-corrected chi connectivity index (χ1v) is 11.1. The highest BCUT2D eigenvalue weighted by Gasteiger charge is 2.27. The summed E-state index contributed by atoms with van der Waals surface area (Å²) in [7, 11) is -3.50. The molecule has 1 aliphatic heterocycles. The molecule has 0 atom stereocenters. The van der Waals surface area contributed by atoms with Gasteiger partial charge in [-0.05, 0) is 67.1 Å². The average Bonchev–Trinajstić information content (AvgIpc) is 3.08. The molecule has 9 heteroatoms. The molecule has 7 nitrogen and oxygen atoms in total. The molecule has 2 aromatic carbocycles. The van der Waals surface area contributed by atoms with E-state index in [1.165, 1.54) is 4.31 Å². The minimum atomic E-state index is -3.50. The molecule has 30 heavy (non-hydrogen) atoms. The SMILES string of the molecule is Cc1ccnc(-c2cc(NC(=O)c3ccc(N4CCNS4(=O)=O)cc3)ccc2Cl)c1. The van der Waals surface area contributed by atoms with Crippen molar-refractivity contribution in [3.8, 4) is 11.3 Å². The molecule has 2 heterocycles. The van der Waals surface area contributed by atoms with Crippen LogP contribution in [0.3, 0.4) is 0 Å². The number of nitrogens with zero attached hydrogens (tertiary/aromatic N) is 2. The Morgan fingerprint density at radius 3 is 2.57 bits per heavy atom. The fraction of sp³-hybridized carbons (Fsp3) is 0.143. The van der Waals surface area contributed by atoms with Gasteiger partial charge in [0.25, 0.3) is 5.91 Å². The number of rotatable bonds is 4. The standard InChI is InChI=1S/C21H19ClN4O3S/c1-14-8-9-23-20(12-14)18-13-16(4-7-19(18)22)25-21(27)15-2-5-17(6-3-15)26-11-10-24-30(26,28)29/h2-9,12-13,24H,10-11H2,1H3,(H,25,27). The third-order valence-electron chi connectivity index (χ3n) is 4.72. The molecule has 1 saturated heterocycles. The Labute approximate surface area is 179 Å². The zero-order valence-corrected chi connectivity index (χ0v) is 17.7. The number of halogens is 1. The van der Waals surface area contributed by atoms with Gasteiger partial charge in [-0.2, -0.15) is 13.1 Å².